The van der Waals surface area contributed by atoms with Crippen LogP contribution < -0.4 is 4.74 Å². The maximum atomic E-state index is 9.89. The van der Waals surface area contributed by atoms with Gasteiger partial charge in [-0.25, -0.2) is 0 Å². The molecule has 0 amide bonds. The topological polar surface area (TPSA) is 58.5 Å². The van der Waals surface area contributed by atoms with Gasteiger partial charge >= 0.3 is 6.01 Å². The van der Waals surface area contributed by atoms with E-state index in [4.69, 9.17) is 4.74 Å². The van der Waals surface area contributed by atoms with E-state index in [0.717, 1.165) is 30.8 Å². The van der Waals surface area contributed by atoms with Crippen molar-refractivity contribution < 1.29 is 9.84 Å². The highest BCUT2D eigenvalue weighted by Crippen LogP contribution is 2.26. The molecule has 0 saturated carbocycles. The van der Waals surface area contributed by atoms with Gasteiger partial charge in [0.1, 0.15) is 0 Å². The Morgan fingerprint density at radius 3 is 2.80 bits per heavy atom. The summed E-state index contributed by atoms with van der Waals surface area (Å²) < 4.78 is 5.01. The molecule has 0 aliphatic carbocycles. The zero-order valence-corrected chi connectivity index (χ0v) is 11.4. The van der Waals surface area contributed by atoms with Gasteiger partial charge in [-0.1, -0.05) is 30.3 Å². The number of hydrogen-bond acceptors (Lipinski definition) is 5. The Kier molecular flexibility index (Phi) is 3.52. The molecule has 0 radical (unpaired) electrons. The predicted octanol–water partition coefficient (Wildman–Crippen LogP) is 1.75. The Morgan fingerprint density at radius 2 is 2.05 bits per heavy atom. The van der Waals surface area contributed by atoms with Crippen molar-refractivity contribution in [1.29, 1.82) is 0 Å². The third-order valence-electron chi connectivity index (χ3n) is 3.53. The Labute approximate surface area is 117 Å². The number of fused-ring (bicyclic) bond motifs is 1. The van der Waals surface area contributed by atoms with Gasteiger partial charge in [0.2, 0.25) is 5.88 Å². The van der Waals surface area contributed by atoms with E-state index >= 15 is 0 Å². The summed E-state index contributed by atoms with van der Waals surface area (Å²) >= 11 is 0. The van der Waals surface area contributed by atoms with Gasteiger partial charge in [0, 0.05) is 25.2 Å². The van der Waals surface area contributed by atoms with E-state index in [0.29, 0.717) is 6.54 Å². The lowest BCUT2D eigenvalue weighted by atomic mass is 10.1. The molecule has 0 atom stereocenters. The molecule has 5 heteroatoms. The second-order valence-electron chi connectivity index (χ2n) is 4.91. The SMILES string of the molecule is COc1nc(O)c2c(n1)CN(Cc1ccccc1)CC2. The van der Waals surface area contributed by atoms with Crippen LogP contribution in [0.1, 0.15) is 16.8 Å². The van der Waals surface area contributed by atoms with Crippen molar-refractivity contribution in [1.82, 2.24) is 14.9 Å². The van der Waals surface area contributed by atoms with Gasteiger partial charge in [-0.3, -0.25) is 4.90 Å². The molecule has 104 valence electrons. The Bertz CT molecular complexity index is 602. The maximum Gasteiger partial charge on any atom is 0.319 e. The minimum absolute atomic E-state index is 0.0474. The first kappa shape index (κ1) is 12.9. The fourth-order valence-corrected chi connectivity index (χ4v) is 2.51. The zero-order valence-electron chi connectivity index (χ0n) is 11.4. The number of aromatic nitrogens is 2. The first-order valence-electron chi connectivity index (χ1n) is 6.65. The molecule has 2 aromatic rings. The molecule has 2 heterocycles. The van der Waals surface area contributed by atoms with Crippen molar-refractivity contribution in [3.63, 3.8) is 0 Å². The largest absolute Gasteiger partial charge is 0.493 e. The van der Waals surface area contributed by atoms with E-state index in [2.05, 4.69) is 27.0 Å². The minimum Gasteiger partial charge on any atom is -0.493 e. The molecule has 20 heavy (non-hydrogen) atoms. The standard InChI is InChI=1S/C15H17N3O2/c1-20-15-16-13-10-18(8-7-12(13)14(19)17-15)9-11-5-3-2-4-6-11/h2-6H,7-10H2,1H3,(H,16,17,19). The Balaban J connectivity index is 1.79. The number of methoxy groups -OCH3 is 1. The van der Waals surface area contributed by atoms with Crippen molar-refractivity contribution in [3.05, 3.63) is 47.2 Å². The highest BCUT2D eigenvalue weighted by atomic mass is 16.5. The van der Waals surface area contributed by atoms with Crippen LogP contribution in [0.2, 0.25) is 0 Å². The van der Waals surface area contributed by atoms with Crippen LogP contribution >= 0.6 is 0 Å². The number of aromatic hydroxyl groups is 1. The van der Waals surface area contributed by atoms with E-state index in [1.807, 2.05) is 18.2 Å². The van der Waals surface area contributed by atoms with Crippen LogP contribution in [0.15, 0.2) is 30.3 Å². The van der Waals surface area contributed by atoms with Crippen LogP contribution in [0, 0.1) is 0 Å². The van der Waals surface area contributed by atoms with Crippen molar-refractivity contribution >= 4 is 0 Å². The van der Waals surface area contributed by atoms with Gasteiger partial charge in [0.15, 0.2) is 0 Å². The van der Waals surface area contributed by atoms with Crippen molar-refractivity contribution in [3.8, 4) is 11.9 Å². The summed E-state index contributed by atoms with van der Waals surface area (Å²) in [5.74, 6) is 0.0474. The highest BCUT2D eigenvalue weighted by Gasteiger charge is 2.22. The lowest BCUT2D eigenvalue weighted by Crippen LogP contribution is -2.31. The average molecular weight is 271 g/mol. The van der Waals surface area contributed by atoms with Crippen LogP contribution in [-0.2, 0) is 19.5 Å². The molecule has 0 saturated heterocycles. The molecule has 1 aromatic carbocycles. The van der Waals surface area contributed by atoms with Crippen LogP contribution in [0.4, 0.5) is 0 Å². The summed E-state index contributed by atoms with van der Waals surface area (Å²) in [5, 5.41) is 9.89. The van der Waals surface area contributed by atoms with Gasteiger partial charge in [0.25, 0.3) is 0 Å². The highest BCUT2D eigenvalue weighted by molar-refractivity contribution is 5.33. The van der Waals surface area contributed by atoms with Crippen LogP contribution in [0.3, 0.4) is 0 Å². The van der Waals surface area contributed by atoms with Gasteiger partial charge in [-0.2, -0.15) is 9.97 Å². The average Bonchev–Trinajstić information content (AvgIpc) is 2.48. The number of hydrogen-bond donors (Lipinski definition) is 1. The summed E-state index contributed by atoms with van der Waals surface area (Å²) in [6.07, 6.45) is 0.762. The zero-order chi connectivity index (χ0) is 13.9. The number of benzene rings is 1. The molecule has 0 fully saturated rings. The fraction of sp³-hybridized carbons (Fsp3) is 0.333. The Hall–Kier alpha value is -2.14. The first-order chi connectivity index (χ1) is 9.76. The smallest absolute Gasteiger partial charge is 0.319 e. The first-order valence-corrected chi connectivity index (χ1v) is 6.65. The molecule has 1 aliphatic rings. The van der Waals surface area contributed by atoms with E-state index in [1.165, 1.54) is 12.7 Å². The number of ether oxygens (including phenoxy) is 1. The minimum atomic E-state index is 0.0474. The second kappa shape index (κ2) is 5.46. The third-order valence-corrected chi connectivity index (χ3v) is 3.53. The summed E-state index contributed by atoms with van der Waals surface area (Å²) in [5.41, 5.74) is 2.98. The van der Waals surface area contributed by atoms with E-state index in [-0.39, 0.29) is 11.9 Å². The third kappa shape index (κ3) is 2.58. The molecule has 1 aromatic heterocycles. The lowest BCUT2D eigenvalue weighted by molar-refractivity contribution is 0.234. The van der Waals surface area contributed by atoms with Crippen molar-refractivity contribution in [2.24, 2.45) is 0 Å². The predicted molar refractivity (Wildman–Crippen MR) is 74.5 cm³/mol. The van der Waals surface area contributed by atoms with Crippen LogP contribution in [0.25, 0.3) is 0 Å². The second-order valence-corrected chi connectivity index (χ2v) is 4.91. The summed E-state index contributed by atoms with van der Waals surface area (Å²) in [7, 11) is 1.51. The summed E-state index contributed by atoms with van der Waals surface area (Å²) in [4.78, 5) is 10.6. The van der Waals surface area contributed by atoms with Crippen molar-refractivity contribution in [2.45, 2.75) is 19.5 Å². The molecular weight excluding hydrogens is 254 g/mol. The van der Waals surface area contributed by atoms with E-state index in [9.17, 15) is 5.11 Å². The summed E-state index contributed by atoms with van der Waals surface area (Å²) in [6.45, 7) is 2.48. The quantitative estimate of drug-likeness (QED) is 0.921. The number of rotatable bonds is 3. The van der Waals surface area contributed by atoms with Gasteiger partial charge in [0.05, 0.1) is 12.8 Å². The van der Waals surface area contributed by atoms with E-state index < -0.39 is 0 Å². The van der Waals surface area contributed by atoms with Crippen molar-refractivity contribution in [2.75, 3.05) is 13.7 Å². The van der Waals surface area contributed by atoms with Gasteiger partial charge in [-0.05, 0) is 12.0 Å². The monoisotopic (exact) mass is 271 g/mol. The molecule has 0 spiro atoms. The lowest BCUT2D eigenvalue weighted by Gasteiger charge is -2.28. The maximum absolute atomic E-state index is 9.89. The molecule has 0 bridgehead atoms. The fourth-order valence-electron chi connectivity index (χ4n) is 2.51. The molecule has 1 N–H and O–H groups in total. The molecule has 1 aliphatic heterocycles. The molecular formula is C15H17N3O2. The van der Waals surface area contributed by atoms with Crippen LogP contribution in [-0.4, -0.2) is 33.6 Å². The van der Waals surface area contributed by atoms with Crippen LogP contribution in [0.5, 0.6) is 11.9 Å². The van der Waals surface area contributed by atoms with Gasteiger partial charge in [-0.15, -0.1) is 0 Å². The molecule has 5 nitrogen and oxygen atoms in total. The normalized spacial score (nSPS) is 14.8. The summed E-state index contributed by atoms with van der Waals surface area (Å²) in [6, 6.07) is 10.6. The molecule has 0 unspecified atom stereocenters. The number of nitrogens with zero attached hydrogens (tertiary/aromatic N) is 3. The van der Waals surface area contributed by atoms with Gasteiger partial charge < -0.3 is 9.84 Å². The Morgan fingerprint density at radius 1 is 1.25 bits per heavy atom. The van der Waals surface area contributed by atoms with E-state index in [1.54, 1.807) is 0 Å². The molecule has 3 rings (SSSR count).